The molecule has 0 spiro atoms. The fourth-order valence-electron chi connectivity index (χ4n) is 1.82. The number of carbonyl (C=O) groups excluding carboxylic acids is 1. The first kappa shape index (κ1) is 14.5. The number of hydrogen-bond acceptors (Lipinski definition) is 2. The number of carbonyl (C=O) groups is 1. The molecule has 4 nitrogen and oxygen atoms in total. The lowest BCUT2D eigenvalue weighted by atomic mass is 10.0. The smallest absolute Gasteiger partial charge is 0.315 e. The third-order valence-electron chi connectivity index (χ3n) is 2.81. The Balaban J connectivity index is 2.38. The minimum absolute atomic E-state index is 0.00799. The summed E-state index contributed by atoms with van der Waals surface area (Å²) in [6, 6.07) is 7.93. The fraction of sp³-hybridized carbons (Fsp3) is 0.500. The van der Waals surface area contributed by atoms with Crippen LogP contribution in [0.3, 0.4) is 0 Å². The molecule has 1 atom stereocenters. The average Bonchev–Trinajstić information content (AvgIpc) is 2.35. The molecule has 0 aromatic heterocycles. The van der Waals surface area contributed by atoms with E-state index in [2.05, 4.69) is 10.6 Å². The fourth-order valence-corrected chi connectivity index (χ4v) is 1.82. The van der Waals surface area contributed by atoms with E-state index in [1.165, 1.54) is 5.56 Å². The molecule has 0 heterocycles. The molecule has 1 aromatic rings. The number of ether oxygens (including phenoxy) is 1. The molecule has 18 heavy (non-hydrogen) atoms. The summed E-state index contributed by atoms with van der Waals surface area (Å²) in [6.45, 7) is 5.31. The predicted octanol–water partition coefficient (Wildman–Crippen LogP) is 2.39. The van der Waals surface area contributed by atoms with Crippen molar-refractivity contribution in [3.05, 3.63) is 35.4 Å². The van der Waals surface area contributed by atoms with Crippen molar-refractivity contribution in [2.75, 3.05) is 20.3 Å². The molecule has 0 aliphatic rings. The molecule has 4 heteroatoms. The Labute approximate surface area is 109 Å². The van der Waals surface area contributed by atoms with Crippen LogP contribution < -0.4 is 10.6 Å². The lowest BCUT2D eigenvalue weighted by molar-refractivity contribution is 0.193. The maximum Gasteiger partial charge on any atom is 0.315 e. The molecule has 1 unspecified atom stereocenters. The Bertz CT molecular complexity index is 380. The van der Waals surface area contributed by atoms with E-state index in [1.54, 1.807) is 7.11 Å². The zero-order chi connectivity index (χ0) is 13.4. The largest absolute Gasteiger partial charge is 0.385 e. The van der Waals surface area contributed by atoms with Gasteiger partial charge < -0.3 is 15.4 Å². The van der Waals surface area contributed by atoms with Crippen LogP contribution in [0.2, 0.25) is 0 Å². The molecule has 1 rings (SSSR count). The van der Waals surface area contributed by atoms with E-state index < -0.39 is 0 Å². The lowest BCUT2D eigenvalue weighted by Crippen LogP contribution is -2.37. The topological polar surface area (TPSA) is 50.4 Å². The monoisotopic (exact) mass is 250 g/mol. The summed E-state index contributed by atoms with van der Waals surface area (Å²) in [5.74, 6) is 0. The number of nitrogens with one attached hydrogen (secondary N) is 2. The van der Waals surface area contributed by atoms with Gasteiger partial charge in [0.2, 0.25) is 0 Å². The molecule has 2 N–H and O–H groups in total. The molecule has 0 saturated heterocycles. The van der Waals surface area contributed by atoms with Crippen LogP contribution >= 0.6 is 0 Å². The highest BCUT2D eigenvalue weighted by atomic mass is 16.5. The van der Waals surface area contributed by atoms with Gasteiger partial charge >= 0.3 is 6.03 Å². The van der Waals surface area contributed by atoms with Crippen LogP contribution in [0, 0.1) is 6.92 Å². The molecule has 0 saturated carbocycles. The Morgan fingerprint density at radius 2 is 2.11 bits per heavy atom. The molecule has 0 radical (unpaired) electrons. The van der Waals surface area contributed by atoms with E-state index in [-0.39, 0.29) is 12.1 Å². The van der Waals surface area contributed by atoms with E-state index >= 15 is 0 Å². The number of aryl methyl sites for hydroxylation is 1. The van der Waals surface area contributed by atoms with E-state index in [0.717, 1.165) is 12.0 Å². The highest BCUT2D eigenvalue weighted by molar-refractivity contribution is 5.74. The summed E-state index contributed by atoms with van der Waals surface area (Å²) < 4.78 is 4.92. The number of amides is 2. The predicted molar refractivity (Wildman–Crippen MR) is 72.6 cm³/mol. The quantitative estimate of drug-likeness (QED) is 0.762. The van der Waals surface area contributed by atoms with Crippen molar-refractivity contribution in [3.8, 4) is 0 Å². The highest BCUT2D eigenvalue weighted by Gasteiger charge is 2.10. The molecule has 0 bridgehead atoms. The zero-order valence-electron chi connectivity index (χ0n) is 11.3. The molecule has 0 aliphatic heterocycles. The summed E-state index contributed by atoms with van der Waals surface area (Å²) in [5, 5.41) is 5.73. The summed E-state index contributed by atoms with van der Waals surface area (Å²) in [5.41, 5.74) is 2.33. The van der Waals surface area contributed by atoms with Crippen LogP contribution in [0.25, 0.3) is 0 Å². The Morgan fingerprint density at radius 3 is 2.78 bits per heavy atom. The van der Waals surface area contributed by atoms with E-state index in [4.69, 9.17) is 4.74 Å². The van der Waals surface area contributed by atoms with Crippen LogP contribution in [0.4, 0.5) is 4.79 Å². The van der Waals surface area contributed by atoms with Gasteiger partial charge in [0, 0.05) is 20.3 Å². The maximum atomic E-state index is 11.6. The average molecular weight is 250 g/mol. The van der Waals surface area contributed by atoms with Crippen molar-refractivity contribution in [1.82, 2.24) is 10.6 Å². The third kappa shape index (κ3) is 4.75. The van der Waals surface area contributed by atoms with Crippen LogP contribution in [-0.4, -0.2) is 26.3 Å². The van der Waals surface area contributed by atoms with Crippen molar-refractivity contribution in [3.63, 3.8) is 0 Å². The van der Waals surface area contributed by atoms with Gasteiger partial charge in [-0.15, -0.1) is 0 Å². The minimum Gasteiger partial charge on any atom is -0.385 e. The number of rotatable bonds is 6. The molecule has 2 amide bonds. The van der Waals surface area contributed by atoms with Crippen molar-refractivity contribution >= 4 is 6.03 Å². The first-order valence-electron chi connectivity index (χ1n) is 6.24. The Morgan fingerprint density at radius 1 is 1.39 bits per heavy atom. The second-order valence-corrected chi connectivity index (χ2v) is 4.32. The molecular formula is C14H22N2O2. The van der Waals surface area contributed by atoms with Crippen molar-refractivity contribution in [2.45, 2.75) is 26.3 Å². The number of hydrogen-bond donors (Lipinski definition) is 2. The third-order valence-corrected chi connectivity index (χ3v) is 2.81. The standard InChI is InChI=1S/C14H22N2O2/c1-11-7-4-5-8-13(11)12(2)16-14(17)15-9-6-10-18-3/h4-5,7-8,12H,6,9-10H2,1-3H3,(H2,15,16,17). The zero-order valence-corrected chi connectivity index (χ0v) is 11.3. The highest BCUT2D eigenvalue weighted by Crippen LogP contribution is 2.16. The molecular weight excluding hydrogens is 228 g/mol. The van der Waals surface area contributed by atoms with Crippen molar-refractivity contribution in [2.24, 2.45) is 0 Å². The SMILES string of the molecule is COCCCNC(=O)NC(C)c1ccccc1C. The van der Waals surface area contributed by atoms with Crippen LogP contribution in [0.15, 0.2) is 24.3 Å². The van der Waals surface area contributed by atoms with Gasteiger partial charge in [-0.1, -0.05) is 24.3 Å². The second-order valence-electron chi connectivity index (χ2n) is 4.32. The van der Waals surface area contributed by atoms with E-state index in [9.17, 15) is 4.79 Å². The maximum absolute atomic E-state index is 11.6. The first-order valence-corrected chi connectivity index (χ1v) is 6.24. The lowest BCUT2D eigenvalue weighted by Gasteiger charge is -2.17. The van der Waals surface area contributed by atoms with Crippen LogP contribution in [0.5, 0.6) is 0 Å². The number of benzene rings is 1. The Hall–Kier alpha value is -1.55. The van der Waals surface area contributed by atoms with Gasteiger partial charge in [0.1, 0.15) is 0 Å². The number of urea groups is 1. The number of methoxy groups -OCH3 is 1. The van der Waals surface area contributed by atoms with Crippen LogP contribution in [0.1, 0.15) is 30.5 Å². The normalized spacial score (nSPS) is 11.9. The molecule has 100 valence electrons. The van der Waals surface area contributed by atoms with Gasteiger partial charge in [0.05, 0.1) is 6.04 Å². The van der Waals surface area contributed by atoms with Gasteiger partial charge in [0.15, 0.2) is 0 Å². The van der Waals surface area contributed by atoms with Gasteiger partial charge in [-0.05, 0) is 31.4 Å². The summed E-state index contributed by atoms with van der Waals surface area (Å²) in [7, 11) is 1.65. The molecule has 0 aliphatic carbocycles. The summed E-state index contributed by atoms with van der Waals surface area (Å²) in [6.07, 6.45) is 0.822. The van der Waals surface area contributed by atoms with Crippen molar-refractivity contribution < 1.29 is 9.53 Å². The van der Waals surface area contributed by atoms with Gasteiger partial charge in [-0.3, -0.25) is 0 Å². The summed E-state index contributed by atoms with van der Waals surface area (Å²) >= 11 is 0. The van der Waals surface area contributed by atoms with Crippen molar-refractivity contribution in [1.29, 1.82) is 0 Å². The Kier molecular flexibility index (Phi) is 6.22. The first-order chi connectivity index (χ1) is 8.65. The molecule has 1 aromatic carbocycles. The molecule has 0 fully saturated rings. The van der Waals surface area contributed by atoms with Crippen LogP contribution in [-0.2, 0) is 4.74 Å². The van der Waals surface area contributed by atoms with Gasteiger partial charge in [0.25, 0.3) is 0 Å². The van der Waals surface area contributed by atoms with Gasteiger partial charge in [-0.25, -0.2) is 4.79 Å². The summed E-state index contributed by atoms with van der Waals surface area (Å²) in [4.78, 5) is 11.6. The van der Waals surface area contributed by atoms with E-state index in [0.29, 0.717) is 13.2 Å². The van der Waals surface area contributed by atoms with E-state index in [1.807, 2.05) is 38.1 Å². The minimum atomic E-state index is -0.137. The second kappa shape index (κ2) is 7.71. The van der Waals surface area contributed by atoms with Gasteiger partial charge in [-0.2, -0.15) is 0 Å².